The molecule has 1 aromatic heterocycles. The van der Waals surface area contributed by atoms with E-state index in [-0.39, 0.29) is 29.4 Å². The summed E-state index contributed by atoms with van der Waals surface area (Å²) in [5.41, 5.74) is 2.51. The van der Waals surface area contributed by atoms with Crippen LogP contribution in [0.1, 0.15) is 29.2 Å². The number of hydrogen-bond donors (Lipinski definition) is 2. The number of imidazole rings is 1. The Morgan fingerprint density at radius 1 is 1.24 bits per heavy atom. The highest BCUT2D eigenvalue weighted by Crippen LogP contribution is 2.48. The number of rotatable bonds is 3. The smallest absolute Gasteiger partial charge is 0.262 e. The standard InChI is InChI=1S/C24H23FN4O3S/c1-28-13-23(26-15-28)33(31,32)29-11-10-18-22(14-30)27-21-9-7-16(12-19(21)24(18)29)6-8-17-4-2-3-5-20(17)25/h2-5,7,9,12-13,15,18,22,24,27,30H,10-11,14H2,1H3/t18-,22+,24-/m0/s1. The van der Waals surface area contributed by atoms with Crippen LogP contribution in [0.4, 0.5) is 10.1 Å². The van der Waals surface area contributed by atoms with Gasteiger partial charge in [0.1, 0.15) is 5.82 Å². The van der Waals surface area contributed by atoms with Crippen LogP contribution in [0.5, 0.6) is 0 Å². The number of aliphatic hydroxyl groups excluding tert-OH is 1. The minimum atomic E-state index is -3.83. The number of hydrogen-bond acceptors (Lipinski definition) is 5. The van der Waals surface area contributed by atoms with Gasteiger partial charge in [0.05, 0.1) is 30.6 Å². The van der Waals surface area contributed by atoms with E-state index in [1.807, 2.05) is 12.1 Å². The Labute approximate surface area is 191 Å². The summed E-state index contributed by atoms with van der Waals surface area (Å²) in [5.74, 6) is 5.36. The van der Waals surface area contributed by atoms with Crippen molar-refractivity contribution in [2.75, 3.05) is 18.5 Å². The van der Waals surface area contributed by atoms with E-state index >= 15 is 0 Å². The van der Waals surface area contributed by atoms with Crippen molar-refractivity contribution in [1.82, 2.24) is 13.9 Å². The summed E-state index contributed by atoms with van der Waals surface area (Å²) >= 11 is 0. The fourth-order valence-electron chi connectivity index (χ4n) is 4.71. The third-order valence-corrected chi connectivity index (χ3v) is 8.06. The molecule has 0 amide bonds. The molecule has 2 aromatic carbocycles. The van der Waals surface area contributed by atoms with Gasteiger partial charge in [-0.2, -0.15) is 4.31 Å². The number of benzene rings is 2. The van der Waals surface area contributed by atoms with E-state index in [0.717, 1.165) is 11.3 Å². The van der Waals surface area contributed by atoms with Gasteiger partial charge >= 0.3 is 0 Å². The Morgan fingerprint density at radius 2 is 2.06 bits per heavy atom. The molecule has 33 heavy (non-hydrogen) atoms. The number of fused-ring (bicyclic) bond motifs is 3. The lowest BCUT2D eigenvalue weighted by Crippen LogP contribution is -2.42. The van der Waals surface area contributed by atoms with Gasteiger partial charge in [0.2, 0.25) is 0 Å². The molecular formula is C24H23FN4O3S. The van der Waals surface area contributed by atoms with E-state index in [2.05, 4.69) is 22.1 Å². The Bertz CT molecular complexity index is 1380. The quantitative estimate of drug-likeness (QED) is 0.580. The van der Waals surface area contributed by atoms with E-state index in [1.54, 1.807) is 35.9 Å². The lowest BCUT2D eigenvalue weighted by Gasteiger charge is -2.38. The van der Waals surface area contributed by atoms with E-state index in [0.29, 0.717) is 24.1 Å². The molecular weight excluding hydrogens is 443 g/mol. The van der Waals surface area contributed by atoms with Crippen LogP contribution in [-0.4, -0.2) is 46.6 Å². The molecule has 0 saturated carbocycles. The van der Waals surface area contributed by atoms with E-state index in [4.69, 9.17) is 0 Å². The topological polar surface area (TPSA) is 87.5 Å². The molecule has 2 aliphatic rings. The summed E-state index contributed by atoms with van der Waals surface area (Å²) < 4.78 is 43.9. The van der Waals surface area contributed by atoms with Crippen molar-refractivity contribution in [2.24, 2.45) is 13.0 Å². The van der Waals surface area contributed by atoms with Crippen LogP contribution in [0.2, 0.25) is 0 Å². The molecule has 0 aliphatic carbocycles. The monoisotopic (exact) mass is 466 g/mol. The second kappa shape index (κ2) is 8.30. The molecule has 3 heterocycles. The maximum atomic E-state index is 14.0. The normalized spacial score (nSPS) is 22.1. The fraction of sp³-hybridized carbons (Fsp3) is 0.292. The van der Waals surface area contributed by atoms with Gasteiger partial charge in [-0.05, 0) is 42.3 Å². The summed E-state index contributed by atoms with van der Waals surface area (Å²) in [6, 6.07) is 11.1. The second-order valence-corrected chi connectivity index (χ2v) is 10.2. The van der Waals surface area contributed by atoms with Gasteiger partial charge in [-0.1, -0.05) is 24.0 Å². The highest BCUT2D eigenvalue weighted by molar-refractivity contribution is 7.89. The number of nitrogens with zero attached hydrogens (tertiary/aromatic N) is 3. The molecule has 0 radical (unpaired) electrons. The number of nitrogens with one attached hydrogen (secondary N) is 1. The molecule has 3 atom stereocenters. The van der Waals surface area contributed by atoms with Crippen molar-refractivity contribution in [2.45, 2.75) is 23.5 Å². The maximum Gasteiger partial charge on any atom is 0.262 e. The first kappa shape index (κ1) is 21.6. The minimum absolute atomic E-state index is 0.00165. The third-order valence-electron chi connectivity index (χ3n) is 6.29. The summed E-state index contributed by atoms with van der Waals surface area (Å²) in [4.78, 5) is 4.06. The molecule has 1 fully saturated rings. The van der Waals surface area contributed by atoms with Crippen LogP contribution in [-0.2, 0) is 17.1 Å². The second-order valence-electron chi connectivity index (χ2n) is 8.36. The van der Waals surface area contributed by atoms with Crippen LogP contribution in [0.25, 0.3) is 0 Å². The predicted molar refractivity (Wildman–Crippen MR) is 121 cm³/mol. The van der Waals surface area contributed by atoms with Gasteiger partial charge in [0.15, 0.2) is 5.03 Å². The highest BCUT2D eigenvalue weighted by Gasteiger charge is 2.49. The highest BCUT2D eigenvalue weighted by atomic mass is 32.2. The average Bonchev–Trinajstić information content (AvgIpc) is 3.46. The van der Waals surface area contributed by atoms with Crippen LogP contribution >= 0.6 is 0 Å². The zero-order chi connectivity index (χ0) is 23.2. The molecule has 1 saturated heterocycles. The van der Waals surface area contributed by atoms with E-state index < -0.39 is 16.1 Å². The molecule has 0 spiro atoms. The Morgan fingerprint density at radius 3 is 2.79 bits per heavy atom. The van der Waals surface area contributed by atoms with Crippen LogP contribution < -0.4 is 5.32 Å². The first-order valence-electron chi connectivity index (χ1n) is 10.7. The molecule has 2 N–H and O–H groups in total. The van der Waals surface area contributed by atoms with Crippen molar-refractivity contribution in [3.63, 3.8) is 0 Å². The Kier molecular flexibility index (Phi) is 5.44. The molecule has 3 aromatic rings. The number of aryl methyl sites for hydroxylation is 1. The first-order valence-corrected chi connectivity index (χ1v) is 12.1. The average molecular weight is 467 g/mol. The van der Waals surface area contributed by atoms with Crippen LogP contribution in [0.3, 0.4) is 0 Å². The molecule has 2 aliphatic heterocycles. The predicted octanol–water partition coefficient (Wildman–Crippen LogP) is 2.50. The van der Waals surface area contributed by atoms with Crippen molar-refractivity contribution in [1.29, 1.82) is 0 Å². The number of sulfonamides is 1. The number of halogens is 1. The minimum Gasteiger partial charge on any atom is -0.394 e. The van der Waals surface area contributed by atoms with Crippen LogP contribution in [0.15, 0.2) is 60.0 Å². The van der Waals surface area contributed by atoms with Gasteiger partial charge in [0, 0.05) is 37.0 Å². The van der Waals surface area contributed by atoms with Gasteiger partial charge in [-0.25, -0.2) is 17.8 Å². The number of aromatic nitrogens is 2. The molecule has 0 unspecified atom stereocenters. The van der Waals surface area contributed by atoms with Gasteiger partial charge in [0.25, 0.3) is 10.0 Å². The third kappa shape index (κ3) is 3.80. The summed E-state index contributed by atoms with van der Waals surface area (Å²) in [6.45, 7) is 0.226. The van der Waals surface area contributed by atoms with Crippen LogP contribution in [0, 0.1) is 23.6 Å². The number of aliphatic hydroxyl groups is 1. The molecule has 7 nitrogen and oxygen atoms in total. The van der Waals surface area contributed by atoms with Crippen molar-refractivity contribution >= 4 is 15.7 Å². The van der Waals surface area contributed by atoms with Crippen molar-refractivity contribution < 1.29 is 17.9 Å². The van der Waals surface area contributed by atoms with Crippen molar-refractivity contribution in [3.05, 3.63) is 77.5 Å². The maximum absolute atomic E-state index is 14.0. The van der Waals surface area contributed by atoms with Crippen molar-refractivity contribution in [3.8, 4) is 11.8 Å². The zero-order valence-electron chi connectivity index (χ0n) is 17.9. The molecule has 5 rings (SSSR count). The largest absolute Gasteiger partial charge is 0.394 e. The van der Waals surface area contributed by atoms with Gasteiger partial charge in [-0.15, -0.1) is 0 Å². The summed E-state index contributed by atoms with van der Waals surface area (Å²) in [7, 11) is -2.11. The molecule has 9 heteroatoms. The Balaban J connectivity index is 1.57. The van der Waals surface area contributed by atoms with Gasteiger partial charge in [-0.3, -0.25) is 0 Å². The molecule has 0 bridgehead atoms. The van der Waals surface area contributed by atoms with Gasteiger partial charge < -0.3 is 15.0 Å². The summed E-state index contributed by atoms with van der Waals surface area (Å²) in [6.07, 6.45) is 3.56. The van der Waals surface area contributed by atoms with E-state index in [1.165, 1.54) is 22.9 Å². The summed E-state index contributed by atoms with van der Waals surface area (Å²) in [5, 5.41) is 13.3. The number of anilines is 1. The first-order chi connectivity index (χ1) is 15.9. The lowest BCUT2D eigenvalue weighted by atomic mass is 9.83. The zero-order valence-corrected chi connectivity index (χ0v) is 18.8. The lowest BCUT2D eigenvalue weighted by molar-refractivity contribution is 0.210. The Hall–Kier alpha value is -3.19. The SMILES string of the molecule is Cn1cnc(S(=O)(=O)N2CC[C@@H]3[C@H]2c2cc(C#Cc4ccccc4F)ccc2N[C@@H]3CO)c1. The fourth-order valence-corrected chi connectivity index (χ4v) is 6.35. The van der Waals surface area contributed by atoms with E-state index in [9.17, 15) is 17.9 Å². The molecule has 170 valence electrons.